The Kier molecular flexibility index (Phi) is 6.51. The smallest absolute Gasteiger partial charge is 0.247 e. The van der Waals surface area contributed by atoms with E-state index in [4.69, 9.17) is 4.74 Å². The Hall–Kier alpha value is -2.97. The minimum Gasteiger partial charge on any atom is -0.495 e. The first-order valence-electron chi connectivity index (χ1n) is 12.2. The fourth-order valence-corrected chi connectivity index (χ4v) is 7.10. The molecule has 0 N–H and O–H groups in total. The number of amides is 2. The van der Waals surface area contributed by atoms with Crippen molar-refractivity contribution >= 4 is 27.4 Å². The molecular weight excluding hydrogens is 464 g/mol. The second-order valence-corrected chi connectivity index (χ2v) is 11.4. The Bertz CT molecular complexity index is 1250. The molecule has 2 atom stereocenters. The Balaban J connectivity index is 1.38. The summed E-state index contributed by atoms with van der Waals surface area (Å²) in [5, 5.41) is 0. The number of fused-ring (bicyclic) bond motifs is 1. The second-order valence-electron chi connectivity index (χ2n) is 9.45. The number of benzene rings is 2. The molecule has 8 heteroatoms. The van der Waals surface area contributed by atoms with Gasteiger partial charge in [0.2, 0.25) is 21.8 Å². The van der Waals surface area contributed by atoms with Crippen LogP contribution in [-0.2, 0) is 26.2 Å². The van der Waals surface area contributed by atoms with Crippen molar-refractivity contribution in [3.8, 4) is 5.75 Å². The number of carbonyl (C=O) groups is 2. The lowest BCUT2D eigenvalue weighted by Crippen LogP contribution is -2.35. The highest BCUT2D eigenvalue weighted by Gasteiger charge is 2.48. The van der Waals surface area contributed by atoms with E-state index in [-0.39, 0.29) is 47.4 Å². The zero-order valence-electron chi connectivity index (χ0n) is 19.9. The average molecular weight is 495 g/mol. The summed E-state index contributed by atoms with van der Waals surface area (Å²) in [5.41, 5.74) is 2.83. The van der Waals surface area contributed by atoms with Crippen LogP contribution in [0.15, 0.2) is 59.5 Å². The third-order valence-corrected chi connectivity index (χ3v) is 9.32. The first-order valence-corrected chi connectivity index (χ1v) is 13.6. The van der Waals surface area contributed by atoms with Gasteiger partial charge in [0, 0.05) is 13.1 Å². The Morgan fingerprint density at radius 2 is 1.66 bits per heavy atom. The van der Waals surface area contributed by atoms with Gasteiger partial charge in [0.1, 0.15) is 10.6 Å². The second kappa shape index (κ2) is 9.59. The molecule has 1 aliphatic carbocycles. The van der Waals surface area contributed by atoms with Crippen molar-refractivity contribution in [2.75, 3.05) is 20.2 Å². The van der Waals surface area contributed by atoms with E-state index in [9.17, 15) is 18.0 Å². The normalized spacial score (nSPS) is 23.2. The highest BCUT2D eigenvalue weighted by atomic mass is 32.2. The summed E-state index contributed by atoms with van der Waals surface area (Å²) >= 11 is 0. The largest absolute Gasteiger partial charge is 0.495 e. The molecule has 0 bridgehead atoms. The molecule has 35 heavy (non-hydrogen) atoms. The number of imide groups is 1. The minimum atomic E-state index is -3.84. The van der Waals surface area contributed by atoms with Gasteiger partial charge in [-0.2, -0.15) is 4.31 Å². The molecule has 2 aromatic rings. The topological polar surface area (TPSA) is 84.0 Å². The van der Waals surface area contributed by atoms with Crippen LogP contribution >= 0.6 is 0 Å². The molecule has 1 saturated carbocycles. The van der Waals surface area contributed by atoms with E-state index in [1.165, 1.54) is 16.3 Å². The maximum atomic E-state index is 13.6. The summed E-state index contributed by atoms with van der Waals surface area (Å²) in [5.74, 6) is -0.461. The van der Waals surface area contributed by atoms with Gasteiger partial charge in [0.15, 0.2) is 0 Å². The molecule has 2 aliphatic heterocycles. The first-order chi connectivity index (χ1) is 16.9. The highest BCUT2D eigenvalue weighted by molar-refractivity contribution is 7.89. The molecule has 184 valence electrons. The number of hydrogen-bond donors (Lipinski definition) is 0. The van der Waals surface area contributed by atoms with Crippen LogP contribution in [0, 0.1) is 11.8 Å². The molecule has 0 spiro atoms. The van der Waals surface area contributed by atoms with Crippen LogP contribution in [0.2, 0.25) is 0 Å². The van der Waals surface area contributed by atoms with Gasteiger partial charge in [-0.05, 0) is 48.1 Å². The lowest BCUT2D eigenvalue weighted by Gasteiger charge is -2.27. The lowest BCUT2D eigenvalue weighted by molar-refractivity contribution is -0.140. The number of nitrogens with zero attached hydrogens (tertiary/aromatic N) is 2. The minimum absolute atomic E-state index is 0.0607. The number of hydrogen-bond acceptors (Lipinski definition) is 5. The van der Waals surface area contributed by atoms with Crippen molar-refractivity contribution < 1.29 is 22.7 Å². The monoisotopic (exact) mass is 494 g/mol. The van der Waals surface area contributed by atoms with Gasteiger partial charge in [-0.15, -0.1) is 0 Å². The number of sulfonamides is 1. The number of rotatable bonds is 6. The summed E-state index contributed by atoms with van der Waals surface area (Å²) in [6.07, 6.45) is 6.01. The summed E-state index contributed by atoms with van der Waals surface area (Å²) in [6.45, 7) is 0.713. The SMILES string of the molecule is COc1ccc(CN2C(=O)[C@H]3CCCC[C@@H]3C2=O)cc1S(=O)(=O)N1CC=C(c2ccccc2)CC1. The Morgan fingerprint density at radius 3 is 2.26 bits per heavy atom. The van der Waals surface area contributed by atoms with Crippen molar-refractivity contribution in [2.45, 2.75) is 43.5 Å². The predicted octanol–water partition coefficient (Wildman–Crippen LogP) is 3.85. The zero-order valence-corrected chi connectivity index (χ0v) is 20.7. The molecule has 2 aromatic carbocycles. The molecule has 7 nitrogen and oxygen atoms in total. The van der Waals surface area contributed by atoms with E-state index in [2.05, 4.69) is 0 Å². The van der Waals surface area contributed by atoms with Gasteiger partial charge in [0.05, 0.1) is 25.5 Å². The third kappa shape index (κ3) is 4.41. The van der Waals surface area contributed by atoms with Crippen LogP contribution in [0.5, 0.6) is 5.75 Å². The first kappa shape index (κ1) is 23.8. The van der Waals surface area contributed by atoms with Crippen LogP contribution < -0.4 is 4.74 Å². The molecule has 3 aliphatic rings. The van der Waals surface area contributed by atoms with Crippen molar-refractivity contribution in [2.24, 2.45) is 11.8 Å². The van der Waals surface area contributed by atoms with E-state index < -0.39 is 10.0 Å². The van der Waals surface area contributed by atoms with E-state index in [1.54, 1.807) is 18.2 Å². The average Bonchev–Trinajstić information content (AvgIpc) is 3.14. The molecule has 0 aromatic heterocycles. The molecule has 5 rings (SSSR count). The summed E-state index contributed by atoms with van der Waals surface area (Å²) < 4.78 is 34.0. The van der Waals surface area contributed by atoms with Gasteiger partial charge in [-0.1, -0.05) is 55.3 Å². The van der Waals surface area contributed by atoms with Gasteiger partial charge >= 0.3 is 0 Å². The van der Waals surface area contributed by atoms with Crippen molar-refractivity contribution in [1.82, 2.24) is 9.21 Å². The summed E-state index contributed by atoms with van der Waals surface area (Å²) in [7, 11) is -2.40. The number of ether oxygens (including phenoxy) is 1. The lowest BCUT2D eigenvalue weighted by atomic mass is 9.81. The van der Waals surface area contributed by atoms with Gasteiger partial charge < -0.3 is 4.74 Å². The van der Waals surface area contributed by atoms with E-state index in [0.717, 1.165) is 36.8 Å². The van der Waals surface area contributed by atoms with Crippen LogP contribution in [-0.4, -0.2) is 49.6 Å². The molecule has 0 radical (unpaired) electrons. The maximum absolute atomic E-state index is 13.6. The van der Waals surface area contributed by atoms with Crippen LogP contribution in [0.1, 0.15) is 43.2 Å². The predicted molar refractivity (Wildman–Crippen MR) is 132 cm³/mol. The Labute approximate surface area is 206 Å². The third-order valence-electron chi connectivity index (χ3n) is 7.44. The molecule has 1 saturated heterocycles. The van der Waals surface area contributed by atoms with Crippen molar-refractivity contribution in [3.05, 3.63) is 65.7 Å². The Morgan fingerprint density at radius 1 is 0.971 bits per heavy atom. The van der Waals surface area contributed by atoms with E-state index >= 15 is 0 Å². The number of carbonyl (C=O) groups excluding carboxylic acids is 2. The number of likely N-dealkylation sites (tertiary alicyclic amines) is 1. The fraction of sp³-hybridized carbons (Fsp3) is 0.407. The number of methoxy groups -OCH3 is 1. The van der Waals surface area contributed by atoms with Gasteiger partial charge in [-0.25, -0.2) is 8.42 Å². The van der Waals surface area contributed by atoms with E-state index in [0.29, 0.717) is 18.5 Å². The van der Waals surface area contributed by atoms with Crippen LogP contribution in [0.4, 0.5) is 0 Å². The molecule has 2 heterocycles. The van der Waals surface area contributed by atoms with Crippen LogP contribution in [0.3, 0.4) is 0 Å². The molecule has 0 unspecified atom stereocenters. The van der Waals surface area contributed by atoms with Gasteiger partial charge in [0.25, 0.3) is 0 Å². The summed E-state index contributed by atoms with van der Waals surface area (Å²) in [6, 6.07) is 14.8. The van der Waals surface area contributed by atoms with Crippen molar-refractivity contribution in [3.63, 3.8) is 0 Å². The highest BCUT2D eigenvalue weighted by Crippen LogP contribution is 2.39. The zero-order chi connectivity index (χ0) is 24.6. The summed E-state index contributed by atoms with van der Waals surface area (Å²) in [4.78, 5) is 27.2. The van der Waals surface area contributed by atoms with Gasteiger partial charge in [-0.3, -0.25) is 14.5 Å². The van der Waals surface area contributed by atoms with Crippen molar-refractivity contribution in [1.29, 1.82) is 0 Å². The van der Waals surface area contributed by atoms with Crippen LogP contribution in [0.25, 0.3) is 5.57 Å². The standard InChI is InChI=1S/C27H30N2O5S/c1-34-24-12-11-19(18-29-26(30)22-9-5-6-10-23(22)27(29)31)17-25(24)35(32,33)28-15-13-21(14-16-28)20-7-3-2-4-8-20/h2-4,7-8,11-13,17,22-23H,5-6,9-10,14-16,18H2,1H3/t22-,23-/m0/s1. The fourth-order valence-electron chi connectivity index (χ4n) is 5.51. The molecule has 2 fully saturated rings. The molecular formula is C27H30N2O5S. The maximum Gasteiger partial charge on any atom is 0.247 e. The molecule has 2 amide bonds. The van der Waals surface area contributed by atoms with E-state index in [1.807, 2.05) is 36.4 Å². The quantitative estimate of drug-likeness (QED) is 0.570.